The molecule has 0 spiro atoms. The Balaban J connectivity index is 2.48. The standard InChI is InChI=1S/C17H31N3/c1-7-20(13-16-10-8-9-14(2)19-16)15(3)11-12-18-17(4,5)6/h8-10,15,18H,7,11-13H2,1-6H3. The maximum atomic E-state index is 4.61. The molecule has 1 heterocycles. The number of hydrogen-bond donors (Lipinski definition) is 1. The van der Waals surface area contributed by atoms with Crippen molar-refractivity contribution in [1.29, 1.82) is 0 Å². The van der Waals surface area contributed by atoms with Crippen molar-refractivity contribution in [3.63, 3.8) is 0 Å². The summed E-state index contributed by atoms with van der Waals surface area (Å²) in [6.45, 7) is 16.3. The van der Waals surface area contributed by atoms with Crippen LogP contribution in [0, 0.1) is 6.92 Å². The maximum absolute atomic E-state index is 4.61. The van der Waals surface area contributed by atoms with Crippen LogP contribution < -0.4 is 5.32 Å². The highest BCUT2D eigenvalue weighted by Crippen LogP contribution is 2.10. The molecule has 1 aromatic heterocycles. The number of nitrogens with zero attached hydrogens (tertiary/aromatic N) is 2. The Morgan fingerprint density at radius 2 is 2.00 bits per heavy atom. The summed E-state index contributed by atoms with van der Waals surface area (Å²) < 4.78 is 0. The largest absolute Gasteiger partial charge is 0.312 e. The first-order valence-electron chi connectivity index (χ1n) is 7.73. The number of aryl methyl sites for hydroxylation is 1. The number of rotatable bonds is 7. The molecule has 1 atom stereocenters. The molecule has 0 fully saturated rings. The number of hydrogen-bond acceptors (Lipinski definition) is 3. The van der Waals surface area contributed by atoms with Crippen LogP contribution in [-0.4, -0.2) is 34.6 Å². The molecule has 3 nitrogen and oxygen atoms in total. The molecule has 0 bridgehead atoms. The van der Waals surface area contributed by atoms with Crippen molar-refractivity contribution in [3.8, 4) is 0 Å². The Bertz CT molecular complexity index is 395. The molecule has 1 aromatic rings. The van der Waals surface area contributed by atoms with Crippen molar-refractivity contribution in [2.24, 2.45) is 0 Å². The molecule has 0 radical (unpaired) electrons. The summed E-state index contributed by atoms with van der Waals surface area (Å²) in [5, 5.41) is 3.56. The average Bonchev–Trinajstić information content (AvgIpc) is 2.34. The zero-order valence-corrected chi connectivity index (χ0v) is 14.0. The predicted molar refractivity (Wildman–Crippen MR) is 86.9 cm³/mol. The van der Waals surface area contributed by atoms with Gasteiger partial charge < -0.3 is 5.32 Å². The van der Waals surface area contributed by atoms with Crippen LogP contribution in [-0.2, 0) is 6.54 Å². The van der Waals surface area contributed by atoms with Gasteiger partial charge in [0.2, 0.25) is 0 Å². The number of pyridine rings is 1. The van der Waals surface area contributed by atoms with Crippen LogP contribution in [0.4, 0.5) is 0 Å². The molecule has 1 rings (SSSR count). The van der Waals surface area contributed by atoms with Crippen LogP contribution in [0.2, 0.25) is 0 Å². The Morgan fingerprint density at radius 3 is 2.55 bits per heavy atom. The Morgan fingerprint density at radius 1 is 1.30 bits per heavy atom. The van der Waals surface area contributed by atoms with Crippen molar-refractivity contribution in [1.82, 2.24) is 15.2 Å². The first kappa shape index (κ1) is 17.1. The van der Waals surface area contributed by atoms with Gasteiger partial charge in [-0.05, 0) is 66.3 Å². The molecule has 114 valence electrons. The van der Waals surface area contributed by atoms with Crippen LogP contribution in [0.15, 0.2) is 18.2 Å². The van der Waals surface area contributed by atoms with E-state index < -0.39 is 0 Å². The van der Waals surface area contributed by atoms with Crippen LogP contribution in [0.1, 0.15) is 52.4 Å². The molecular formula is C17H31N3. The highest BCUT2D eigenvalue weighted by molar-refractivity contribution is 5.09. The first-order valence-corrected chi connectivity index (χ1v) is 7.73. The van der Waals surface area contributed by atoms with Gasteiger partial charge in [0.05, 0.1) is 5.69 Å². The first-order chi connectivity index (χ1) is 9.31. The monoisotopic (exact) mass is 277 g/mol. The van der Waals surface area contributed by atoms with Crippen molar-refractivity contribution < 1.29 is 0 Å². The van der Waals surface area contributed by atoms with Crippen molar-refractivity contribution in [3.05, 3.63) is 29.6 Å². The van der Waals surface area contributed by atoms with E-state index >= 15 is 0 Å². The molecule has 0 saturated heterocycles. The van der Waals surface area contributed by atoms with E-state index in [1.54, 1.807) is 0 Å². The molecule has 3 heteroatoms. The summed E-state index contributed by atoms with van der Waals surface area (Å²) in [6, 6.07) is 6.83. The fraction of sp³-hybridized carbons (Fsp3) is 0.706. The van der Waals surface area contributed by atoms with Gasteiger partial charge in [-0.2, -0.15) is 0 Å². The lowest BCUT2D eigenvalue weighted by Gasteiger charge is -2.29. The minimum Gasteiger partial charge on any atom is -0.312 e. The third-order valence-electron chi connectivity index (χ3n) is 3.56. The number of aromatic nitrogens is 1. The quantitative estimate of drug-likeness (QED) is 0.828. The summed E-state index contributed by atoms with van der Waals surface area (Å²) in [5.74, 6) is 0. The lowest BCUT2D eigenvalue weighted by Crippen LogP contribution is -2.40. The molecular weight excluding hydrogens is 246 g/mol. The van der Waals surface area contributed by atoms with Crippen molar-refractivity contribution in [2.45, 2.75) is 66.1 Å². The van der Waals surface area contributed by atoms with Gasteiger partial charge in [-0.3, -0.25) is 9.88 Å². The SMILES string of the molecule is CCN(Cc1cccc(C)n1)C(C)CCNC(C)(C)C. The summed E-state index contributed by atoms with van der Waals surface area (Å²) in [6.07, 6.45) is 1.16. The van der Waals surface area contributed by atoms with E-state index in [0.29, 0.717) is 6.04 Å². The molecule has 1 N–H and O–H groups in total. The minimum absolute atomic E-state index is 0.203. The van der Waals surface area contributed by atoms with Gasteiger partial charge in [-0.15, -0.1) is 0 Å². The van der Waals surface area contributed by atoms with E-state index in [0.717, 1.165) is 31.7 Å². The van der Waals surface area contributed by atoms with E-state index in [4.69, 9.17) is 0 Å². The zero-order chi connectivity index (χ0) is 15.2. The highest BCUT2D eigenvalue weighted by Gasteiger charge is 2.14. The summed E-state index contributed by atoms with van der Waals surface area (Å²) in [5.41, 5.74) is 2.47. The van der Waals surface area contributed by atoms with Gasteiger partial charge in [0.15, 0.2) is 0 Å². The van der Waals surface area contributed by atoms with E-state index in [1.807, 2.05) is 0 Å². The molecule has 0 aliphatic carbocycles. The van der Waals surface area contributed by atoms with Crippen molar-refractivity contribution >= 4 is 0 Å². The van der Waals surface area contributed by atoms with Crippen LogP contribution in [0.25, 0.3) is 0 Å². The lowest BCUT2D eigenvalue weighted by atomic mass is 10.1. The second-order valence-electron chi connectivity index (χ2n) is 6.65. The molecule has 0 amide bonds. The fourth-order valence-corrected chi connectivity index (χ4v) is 2.31. The van der Waals surface area contributed by atoms with Gasteiger partial charge in [0.1, 0.15) is 0 Å². The lowest BCUT2D eigenvalue weighted by molar-refractivity contribution is 0.194. The van der Waals surface area contributed by atoms with Crippen LogP contribution in [0.3, 0.4) is 0 Å². The smallest absolute Gasteiger partial charge is 0.0547 e. The average molecular weight is 277 g/mol. The van der Waals surface area contributed by atoms with Gasteiger partial charge in [0.25, 0.3) is 0 Å². The van der Waals surface area contributed by atoms with E-state index in [-0.39, 0.29) is 5.54 Å². The summed E-state index contributed by atoms with van der Waals surface area (Å²) >= 11 is 0. The summed E-state index contributed by atoms with van der Waals surface area (Å²) in [7, 11) is 0. The van der Waals surface area contributed by atoms with Crippen molar-refractivity contribution in [2.75, 3.05) is 13.1 Å². The third-order valence-corrected chi connectivity index (χ3v) is 3.56. The second-order valence-corrected chi connectivity index (χ2v) is 6.65. The fourth-order valence-electron chi connectivity index (χ4n) is 2.31. The van der Waals surface area contributed by atoms with E-state index in [9.17, 15) is 0 Å². The summed E-state index contributed by atoms with van der Waals surface area (Å²) in [4.78, 5) is 7.10. The molecule has 0 saturated carbocycles. The van der Waals surface area contributed by atoms with E-state index in [2.05, 4.69) is 74.9 Å². The van der Waals surface area contributed by atoms with Gasteiger partial charge in [-0.25, -0.2) is 0 Å². The molecule has 1 unspecified atom stereocenters. The number of nitrogens with one attached hydrogen (secondary N) is 1. The molecule has 0 aromatic carbocycles. The maximum Gasteiger partial charge on any atom is 0.0547 e. The van der Waals surface area contributed by atoms with Crippen LogP contribution >= 0.6 is 0 Å². The minimum atomic E-state index is 0.203. The van der Waals surface area contributed by atoms with Gasteiger partial charge in [0, 0.05) is 23.8 Å². The highest BCUT2D eigenvalue weighted by atomic mass is 15.2. The van der Waals surface area contributed by atoms with E-state index in [1.165, 1.54) is 5.69 Å². The Labute approximate surface area is 124 Å². The Hall–Kier alpha value is -0.930. The topological polar surface area (TPSA) is 28.2 Å². The predicted octanol–water partition coefficient (Wildman–Crippen LogP) is 3.38. The molecule has 0 aliphatic rings. The normalized spacial score (nSPS) is 13.8. The van der Waals surface area contributed by atoms with Crippen LogP contribution in [0.5, 0.6) is 0 Å². The Kier molecular flexibility index (Phi) is 6.63. The zero-order valence-electron chi connectivity index (χ0n) is 14.0. The molecule has 20 heavy (non-hydrogen) atoms. The third kappa shape index (κ3) is 6.49. The van der Waals surface area contributed by atoms with Gasteiger partial charge >= 0.3 is 0 Å². The molecule has 0 aliphatic heterocycles. The van der Waals surface area contributed by atoms with Gasteiger partial charge in [-0.1, -0.05) is 13.0 Å². The second kappa shape index (κ2) is 7.75.